The molecule has 0 aliphatic carbocycles. The summed E-state index contributed by atoms with van der Waals surface area (Å²) in [7, 11) is 0. The van der Waals surface area contributed by atoms with E-state index in [0.717, 1.165) is 17.7 Å². The van der Waals surface area contributed by atoms with Gasteiger partial charge in [-0.15, -0.1) is 11.3 Å². The molecule has 6 nitrogen and oxygen atoms in total. The summed E-state index contributed by atoms with van der Waals surface area (Å²) < 4.78 is 0. The number of benzene rings is 2. The van der Waals surface area contributed by atoms with Gasteiger partial charge in [-0.2, -0.15) is 0 Å². The van der Waals surface area contributed by atoms with Gasteiger partial charge in [0.05, 0.1) is 10.6 Å². The van der Waals surface area contributed by atoms with Crippen molar-refractivity contribution in [3.05, 3.63) is 75.2 Å². The summed E-state index contributed by atoms with van der Waals surface area (Å²) in [4.78, 5) is 27.3. The second-order valence-electron chi connectivity index (χ2n) is 6.20. The molecule has 0 spiro atoms. The molecule has 27 heavy (non-hydrogen) atoms. The van der Waals surface area contributed by atoms with Crippen molar-refractivity contribution in [2.24, 2.45) is 0 Å². The van der Waals surface area contributed by atoms with Crippen LogP contribution in [0.2, 0.25) is 0 Å². The number of thiazole rings is 1. The quantitative estimate of drug-likeness (QED) is 0.452. The van der Waals surface area contributed by atoms with Crippen molar-refractivity contribution < 1.29 is 9.72 Å². The minimum atomic E-state index is -0.568. The van der Waals surface area contributed by atoms with Crippen LogP contribution in [-0.4, -0.2) is 15.8 Å². The van der Waals surface area contributed by atoms with Gasteiger partial charge in [-0.3, -0.25) is 20.2 Å². The number of nitrogens with zero attached hydrogens (tertiary/aromatic N) is 2. The van der Waals surface area contributed by atoms with E-state index in [2.05, 4.69) is 36.3 Å². The first-order valence-electron chi connectivity index (χ1n) is 8.60. The molecule has 3 rings (SSSR count). The standard InChI is InChI=1S/C20H19N3O3S/c1-3-13(2)14-8-10-15(11-9-14)17-12-27-20(21-17)22-19(24)16-6-4-5-7-18(16)23(25)26/h4-13H,3H2,1-2H3,(H,21,22,24). The van der Waals surface area contributed by atoms with E-state index in [1.807, 2.05) is 17.5 Å². The van der Waals surface area contributed by atoms with Crippen LogP contribution >= 0.6 is 11.3 Å². The van der Waals surface area contributed by atoms with E-state index in [0.29, 0.717) is 11.0 Å². The minimum absolute atomic E-state index is 0.0113. The molecular weight excluding hydrogens is 362 g/mol. The number of rotatable bonds is 6. The van der Waals surface area contributed by atoms with E-state index < -0.39 is 10.8 Å². The number of para-hydroxylation sites is 1. The van der Waals surface area contributed by atoms with E-state index in [-0.39, 0.29) is 11.3 Å². The average Bonchev–Trinajstić information content (AvgIpc) is 3.15. The Balaban J connectivity index is 1.77. The predicted octanol–water partition coefficient (Wildman–Crippen LogP) is 5.48. The molecule has 0 aliphatic heterocycles. The van der Waals surface area contributed by atoms with Crippen molar-refractivity contribution in [1.29, 1.82) is 0 Å². The lowest BCUT2D eigenvalue weighted by atomic mass is 9.97. The number of nitro groups is 1. The second-order valence-corrected chi connectivity index (χ2v) is 7.06. The first-order valence-corrected chi connectivity index (χ1v) is 9.48. The summed E-state index contributed by atoms with van der Waals surface area (Å²) in [5, 5.41) is 16.0. The van der Waals surface area contributed by atoms with Gasteiger partial charge in [0.15, 0.2) is 5.13 Å². The minimum Gasteiger partial charge on any atom is -0.298 e. The number of aromatic nitrogens is 1. The fraction of sp³-hybridized carbons (Fsp3) is 0.200. The van der Waals surface area contributed by atoms with Gasteiger partial charge in [-0.05, 0) is 24.0 Å². The maximum atomic E-state index is 12.4. The SMILES string of the molecule is CCC(C)c1ccc(-c2csc(NC(=O)c3ccccc3[N+](=O)[O-])n2)cc1. The lowest BCUT2D eigenvalue weighted by Gasteiger charge is -2.08. The van der Waals surface area contributed by atoms with Crippen LogP contribution in [0.1, 0.15) is 42.1 Å². The molecule has 1 N–H and O–H groups in total. The fourth-order valence-corrected chi connectivity index (χ4v) is 3.39. The molecule has 0 aliphatic rings. The molecule has 0 saturated heterocycles. The molecule has 2 aromatic carbocycles. The van der Waals surface area contributed by atoms with Crippen molar-refractivity contribution in [2.45, 2.75) is 26.2 Å². The molecule has 0 bridgehead atoms. The molecule has 0 radical (unpaired) electrons. The van der Waals surface area contributed by atoms with Crippen LogP contribution in [0.4, 0.5) is 10.8 Å². The Morgan fingerprint density at radius 1 is 1.22 bits per heavy atom. The topological polar surface area (TPSA) is 85.1 Å². The number of hydrogen-bond acceptors (Lipinski definition) is 5. The Morgan fingerprint density at radius 2 is 1.93 bits per heavy atom. The maximum Gasteiger partial charge on any atom is 0.282 e. The van der Waals surface area contributed by atoms with Gasteiger partial charge in [0.25, 0.3) is 11.6 Å². The molecule has 1 heterocycles. The molecule has 1 aromatic heterocycles. The maximum absolute atomic E-state index is 12.4. The average molecular weight is 381 g/mol. The first-order chi connectivity index (χ1) is 13.0. The van der Waals surface area contributed by atoms with Gasteiger partial charge in [0.2, 0.25) is 0 Å². The van der Waals surface area contributed by atoms with Crippen molar-refractivity contribution >= 4 is 28.1 Å². The fourth-order valence-electron chi connectivity index (χ4n) is 2.67. The summed E-state index contributed by atoms with van der Waals surface area (Å²) >= 11 is 1.28. The molecule has 1 amide bonds. The van der Waals surface area contributed by atoms with Crippen LogP contribution in [-0.2, 0) is 0 Å². The van der Waals surface area contributed by atoms with E-state index >= 15 is 0 Å². The number of hydrogen-bond donors (Lipinski definition) is 1. The highest BCUT2D eigenvalue weighted by atomic mass is 32.1. The first kappa shape index (κ1) is 18.7. The smallest absolute Gasteiger partial charge is 0.282 e. The van der Waals surface area contributed by atoms with Crippen LogP contribution in [0, 0.1) is 10.1 Å². The van der Waals surface area contributed by atoms with Crippen LogP contribution in [0.25, 0.3) is 11.3 Å². The molecule has 0 fully saturated rings. The van der Waals surface area contributed by atoms with Gasteiger partial charge in [-0.1, -0.05) is 50.2 Å². The Hall–Kier alpha value is -3.06. The summed E-state index contributed by atoms with van der Waals surface area (Å²) in [6, 6.07) is 14.1. The molecule has 7 heteroatoms. The number of amides is 1. The number of anilines is 1. The third kappa shape index (κ3) is 4.20. The lowest BCUT2D eigenvalue weighted by molar-refractivity contribution is -0.385. The van der Waals surface area contributed by atoms with Crippen molar-refractivity contribution in [2.75, 3.05) is 5.32 Å². The van der Waals surface area contributed by atoms with Gasteiger partial charge in [0, 0.05) is 17.0 Å². The van der Waals surface area contributed by atoms with E-state index in [4.69, 9.17) is 0 Å². The Morgan fingerprint density at radius 3 is 2.59 bits per heavy atom. The Kier molecular flexibility index (Phi) is 5.61. The highest BCUT2D eigenvalue weighted by Crippen LogP contribution is 2.28. The second kappa shape index (κ2) is 8.09. The molecule has 138 valence electrons. The number of nitrogens with one attached hydrogen (secondary N) is 1. The molecule has 1 atom stereocenters. The third-order valence-corrected chi connectivity index (χ3v) is 5.22. The summed E-state index contributed by atoms with van der Waals surface area (Å²) in [5.41, 5.74) is 2.78. The van der Waals surface area contributed by atoms with Crippen LogP contribution in [0.15, 0.2) is 53.9 Å². The van der Waals surface area contributed by atoms with E-state index in [1.54, 1.807) is 6.07 Å². The van der Waals surface area contributed by atoms with Gasteiger partial charge >= 0.3 is 0 Å². The zero-order valence-electron chi connectivity index (χ0n) is 15.0. The van der Waals surface area contributed by atoms with E-state index in [9.17, 15) is 14.9 Å². The number of carbonyl (C=O) groups excluding carboxylic acids is 1. The van der Waals surface area contributed by atoms with Crippen LogP contribution < -0.4 is 5.32 Å². The van der Waals surface area contributed by atoms with Gasteiger partial charge < -0.3 is 0 Å². The van der Waals surface area contributed by atoms with Gasteiger partial charge in [-0.25, -0.2) is 4.98 Å². The molecule has 3 aromatic rings. The zero-order chi connectivity index (χ0) is 19.4. The third-order valence-electron chi connectivity index (χ3n) is 4.46. The monoisotopic (exact) mass is 381 g/mol. The van der Waals surface area contributed by atoms with Crippen LogP contribution in [0.5, 0.6) is 0 Å². The zero-order valence-corrected chi connectivity index (χ0v) is 15.8. The molecule has 1 unspecified atom stereocenters. The predicted molar refractivity (Wildman–Crippen MR) is 107 cm³/mol. The number of nitro benzene ring substituents is 1. The van der Waals surface area contributed by atoms with Crippen molar-refractivity contribution in [3.8, 4) is 11.3 Å². The lowest BCUT2D eigenvalue weighted by Crippen LogP contribution is -2.13. The highest BCUT2D eigenvalue weighted by Gasteiger charge is 2.20. The summed E-state index contributed by atoms with van der Waals surface area (Å²) in [5.74, 6) is -0.0404. The van der Waals surface area contributed by atoms with Crippen LogP contribution in [0.3, 0.4) is 0 Å². The molecule has 0 saturated carbocycles. The number of carbonyl (C=O) groups is 1. The summed E-state index contributed by atoms with van der Waals surface area (Å²) in [6.45, 7) is 4.35. The van der Waals surface area contributed by atoms with Crippen molar-refractivity contribution in [1.82, 2.24) is 4.98 Å². The van der Waals surface area contributed by atoms with E-state index in [1.165, 1.54) is 35.1 Å². The Bertz CT molecular complexity index is 967. The Labute approximate surface area is 161 Å². The highest BCUT2D eigenvalue weighted by molar-refractivity contribution is 7.14. The summed E-state index contributed by atoms with van der Waals surface area (Å²) in [6.07, 6.45) is 1.08. The van der Waals surface area contributed by atoms with Gasteiger partial charge in [0.1, 0.15) is 5.56 Å². The normalized spacial score (nSPS) is 11.8. The van der Waals surface area contributed by atoms with Crippen molar-refractivity contribution in [3.63, 3.8) is 0 Å². The molecular formula is C20H19N3O3S. The largest absolute Gasteiger partial charge is 0.298 e.